The third-order valence-corrected chi connectivity index (χ3v) is 8.80. The van der Waals surface area contributed by atoms with Crippen molar-refractivity contribution in [2.24, 2.45) is 5.92 Å². The molecule has 0 saturated carbocycles. The van der Waals surface area contributed by atoms with Gasteiger partial charge in [0.25, 0.3) is 0 Å². The fourth-order valence-electron chi connectivity index (χ4n) is 6.20. The Hall–Kier alpha value is -3.39. The minimum absolute atomic E-state index is 0.0555. The van der Waals surface area contributed by atoms with Crippen molar-refractivity contribution in [3.05, 3.63) is 63.6 Å². The van der Waals surface area contributed by atoms with Crippen LogP contribution in [0.4, 0.5) is 11.6 Å². The molecule has 0 spiro atoms. The second kappa shape index (κ2) is 11.6. The predicted molar refractivity (Wildman–Crippen MR) is 163 cm³/mol. The molecule has 212 valence electrons. The molecule has 2 fully saturated rings. The molecule has 4 heterocycles. The zero-order chi connectivity index (χ0) is 28.6. The smallest absolute Gasteiger partial charge is 0.355 e. The summed E-state index contributed by atoms with van der Waals surface area (Å²) in [6.07, 6.45) is 5.12. The number of hydrogen-bond donors (Lipinski definition) is 0. The molecule has 2 aliphatic rings. The van der Waals surface area contributed by atoms with Gasteiger partial charge in [0.1, 0.15) is 11.6 Å². The van der Waals surface area contributed by atoms with Crippen LogP contribution in [-0.4, -0.2) is 64.1 Å². The molecule has 1 amide bonds. The number of aromatic nitrogens is 3. The number of anilines is 2. The number of carbonyl (C=O) groups is 1. The maximum Gasteiger partial charge on any atom is 0.355 e. The number of carbonyl (C=O) groups excluding carboxylic acids is 1. The van der Waals surface area contributed by atoms with Gasteiger partial charge >= 0.3 is 5.69 Å². The summed E-state index contributed by atoms with van der Waals surface area (Å²) in [6.45, 7) is 15.5. The molecule has 0 radical (unpaired) electrons. The molecule has 5 rings (SSSR count). The van der Waals surface area contributed by atoms with Gasteiger partial charge < -0.3 is 14.7 Å². The Morgan fingerprint density at radius 1 is 1.07 bits per heavy atom. The third kappa shape index (κ3) is 4.98. The summed E-state index contributed by atoms with van der Waals surface area (Å²) < 4.78 is 1.70. The number of rotatable bonds is 7. The molecule has 1 aromatic carbocycles. The van der Waals surface area contributed by atoms with Crippen molar-refractivity contribution in [3.8, 4) is 5.69 Å². The normalized spacial score (nSPS) is 19.5. The maximum atomic E-state index is 14.0. The number of hydrogen-bond acceptors (Lipinski definition) is 6. The van der Waals surface area contributed by atoms with Gasteiger partial charge in [-0.1, -0.05) is 63.6 Å². The summed E-state index contributed by atoms with van der Waals surface area (Å²) >= 11 is 6.96. The van der Waals surface area contributed by atoms with E-state index in [4.69, 9.17) is 16.6 Å². The molecule has 8 nitrogen and oxygen atoms in total. The van der Waals surface area contributed by atoms with Gasteiger partial charge in [-0.25, -0.2) is 14.3 Å². The van der Waals surface area contributed by atoms with Crippen molar-refractivity contribution in [1.29, 1.82) is 0 Å². The molecule has 0 N–H and O–H groups in total. The number of fused-ring (bicyclic) bond motifs is 1. The Bertz CT molecular complexity index is 1480. The van der Waals surface area contributed by atoms with Gasteiger partial charge in [-0.05, 0) is 55.4 Å². The summed E-state index contributed by atoms with van der Waals surface area (Å²) in [4.78, 5) is 42.3. The van der Waals surface area contributed by atoms with Crippen LogP contribution in [0.15, 0.2) is 41.7 Å². The van der Waals surface area contributed by atoms with E-state index < -0.39 is 0 Å². The van der Waals surface area contributed by atoms with Crippen LogP contribution in [0.2, 0.25) is 5.02 Å². The molecule has 40 heavy (non-hydrogen) atoms. The number of piperazine rings is 1. The van der Waals surface area contributed by atoms with Gasteiger partial charge in [-0.3, -0.25) is 4.79 Å². The molecular formula is C31H39ClN6O2. The fourth-order valence-corrected chi connectivity index (χ4v) is 6.47. The molecule has 0 bridgehead atoms. The number of aryl methyl sites for hydroxylation is 2. The maximum absolute atomic E-state index is 14.0. The lowest BCUT2D eigenvalue weighted by atomic mass is 10.0. The van der Waals surface area contributed by atoms with Crippen LogP contribution in [0.25, 0.3) is 16.7 Å². The average Bonchev–Trinajstić information content (AvgIpc) is 3.45. The van der Waals surface area contributed by atoms with Crippen LogP contribution in [0.5, 0.6) is 0 Å². The molecule has 2 aromatic heterocycles. The molecule has 9 heteroatoms. The molecule has 0 aliphatic carbocycles. The summed E-state index contributed by atoms with van der Waals surface area (Å²) in [5.41, 5.74) is 3.23. The minimum atomic E-state index is -0.358. The zero-order valence-corrected chi connectivity index (χ0v) is 24.7. The van der Waals surface area contributed by atoms with Crippen molar-refractivity contribution < 1.29 is 4.79 Å². The number of para-hydroxylation sites is 1. The highest BCUT2D eigenvalue weighted by Gasteiger charge is 2.31. The summed E-state index contributed by atoms with van der Waals surface area (Å²) in [7, 11) is 0. The molecular weight excluding hydrogens is 524 g/mol. The van der Waals surface area contributed by atoms with E-state index in [0.717, 1.165) is 66.8 Å². The third-order valence-electron chi connectivity index (χ3n) is 8.52. The number of halogens is 1. The second-order valence-corrected chi connectivity index (χ2v) is 11.3. The highest BCUT2D eigenvalue weighted by atomic mass is 35.5. The van der Waals surface area contributed by atoms with Crippen LogP contribution < -0.4 is 15.5 Å². The van der Waals surface area contributed by atoms with E-state index in [1.807, 2.05) is 19.1 Å². The first-order valence-corrected chi connectivity index (χ1v) is 14.9. The quantitative estimate of drug-likeness (QED) is 0.377. The fraction of sp³-hybridized carbons (Fsp3) is 0.484. The van der Waals surface area contributed by atoms with Crippen LogP contribution in [0.3, 0.4) is 0 Å². The lowest BCUT2D eigenvalue weighted by Crippen LogP contribution is -2.54. The summed E-state index contributed by atoms with van der Waals surface area (Å²) in [5.74, 6) is 1.80. The molecule has 2 saturated heterocycles. The molecule has 1 unspecified atom stereocenters. The van der Waals surface area contributed by atoms with Crippen LogP contribution in [-0.2, 0) is 17.6 Å². The van der Waals surface area contributed by atoms with Gasteiger partial charge in [0.05, 0.1) is 16.1 Å². The van der Waals surface area contributed by atoms with Gasteiger partial charge in [0, 0.05) is 38.8 Å². The van der Waals surface area contributed by atoms with E-state index in [-0.39, 0.29) is 17.6 Å². The van der Waals surface area contributed by atoms with Crippen LogP contribution in [0.1, 0.15) is 51.7 Å². The van der Waals surface area contributed by atoms with Gasteiger partial charge in [0.2, 0.25) is 5.91 Å². The SMILES string of the molecule is C=CC(=O)N1CCN(c2nc(=O)n(-c3c(CC)cccc3CC)c3nc(N4CCC(CC)C4)c(Cl)cc23)[C@@H](C)C1. The molecule has 2 atom stereocenters. The van der Waals surface area contributed by atoms with Crippen molar-refractivity contribution >= 4 is 40.2 Å². The second-order valence-electron chi connectivity index (χ2n) is 10.9. The highest BCUT2D eigenvalue weighted by molar-refractivity contribution is 6.33. The van der Waals surface area contributed by atoms with Gasteiger partial charge in [0.15, 0.2) is 5.65 Å². The van der Waals surface area contributed by atoms with E-state index in [1.165, 1.54) is 6.08 Å². The lowest BCUT2D eigenvalue weighted by Gasteiger charge is -2.40. The number of benzene rings is 1. The number of amides is 1. The van der Waals surface area contributed by atoms with E-state index in [9.17, 15) is 9.59 Å². The molecule has 3 aromatic rings. The highest BCUT2D eigenvalue weighted by Crippen LogP contribution is 2.36. The van der Waals surface area contributed by atoms with Gasteiger partial charge in [-0.2, -0.15) is 4.98 Å². The van der Waals surface area contributed by atoms with Crippen LogP contribution in [0, 0.1) is 5.92 Å². The summed E-state index contributed by atoms with van der Waals surface area (Å²) in [5, 5.41) is 1.30. The first-order valence-electron chi connectivity index (χ1n) is 14.5. The summed E-state index contributed by atoms with van der Waals surface area (Å²) in [6, 6.07) is 8.07. The standard InChI is InChI=1S/C31H39ClN6O2/c1-6-21-13-14-36(19-21)30-25(32)17-24-28(37-16-15-35(18-20(37)5)26(39)9-4)34-31(40)38(29(24)33-30)27-22(7-2)11-10-12-23(27)8-3/h9-12,17,20-21H,4,6-8,13-16,18-19H2,1-3,5H3/t20-,21?/m0/s1. The Balaban J connectivity index is 1.74. The predicted octanol–water partition coefficient (Wildman–Crippen LogP) is 5.02. The van der Waals surface area contributed by atoms with Gasteiger partial charge in [-0.15, -0.1) is 0 Å². The topological polar surface area (TPSA) is 74.6 Å². The van der Waals surface area contributed by atoms with Crippen molar-refractivity contribution in [3.63, 3.8) is 0 Å². The molecule has 2 aliphatic heterocycles. The zero-order valence-electron chi connectivity index (χ0n) is 24.0. The Labute approximate surface area is 241 Å². The largest absolute Gasteiger partial charge is 0.355 e. The average molecular weight is 563 g/mol. The van der Waals surface area contributed by atoms with Crippen molar-refractivity contribution in [2.45, 2.75) is 59.4 Å². The van der Waals surface area contributed by atoms with Crippen LogP contribution >= 0.6 is 11.6 Å². The first kappa shape index (κ1) is 28.1. The number of nitrogens with zero attached hydrogens (tertiary/aromatic N) is 6. The lowest BCUT2D eigenvalue weighted by molar-refractivity contribution is -0.126. The Morgan fingerprint density at radius 2 is 1.80 bits per heavy atom. The first-order chi connectivity index (χ1) is 19.3. The van der Waals surface area contributed by atoms with E-state index in [1.54, 1.807) is 9.47 Å². The Morgan fingerprint density at radius 3 is 2.40 bits per heavy atom. The van der Waals surface area contributed by atoms with E-state index >= 15 is 0 Å². The van der Waals surface area contributed by atoms with Crippen molar-refractivity contribution in [2.75, 3.05) is 42.5 Å². The van der Waals surface area contributed by atoms with E-state index in [2.05, 4.69) is 54.3 Å². The minimum Gasteiger partial charge on any atom is -0.355 e. The number of pyridine rings is 1. The van der Waals surface area contributed by atoms with E-state index in [0.29, 0.717) is 42.0 Å². The van der Waals surface area contributed by atoms with Crippen molar-refractivity contribution in [1.82, 2.24) is 19.4 Å². The Kier molecular flexibility index (Phi) is 8.17. The monoisotopic (exact) mass is 562 g/mol.